The van der Waals surface area contributed by atoms with Crippen LogP contribution in [0.25, 0.3) is 0 Å². The van der Waals surface area contributed by atoms with E-state index >= 15 is 0 Å². The standard InChI is InChI=1S/C10H18S/c1-2-9(8-11)7-10-5-3-4-6-10/h7,10-11H,2-6,8H2,1H3/b9-7-. The van der Waals surface area contributed by atoms with E-state index in [-0.39, 0.29) is 0 Å². The summed E-state index contributed by atoms with van der Waals surface area (Å²) < 4.78 is 0. The van der Waals surface area contributed by atoms with Crippen LogP contribution in [0.1, 0.15) is 39.0 Å². The first kappa shape index (κ1) is 9.18. The fourth-order valence-electron chi connectivity index (χ4n) is 1.74. The quantitative estimate of drug-likeness (QED) is 0.487. The zero-order valence-corrected chi connectivity index (χ0v) is 8.24. The largest absolute Gasteiger partial charge is 0.175 e. The lowest BCUT2D eigenvalue weighted by atomic mass is 10.0. The van der Waals surface area contributed by atoms with Crippen LogP contribution < -0.4 is 0 Å². The maximum Gasteiger partial charge on any atom is 0.0112 e. The van der Waals surface area contributed by atoms with Crippen LogP contribution in [0.2, 0.25) is 0 Å². The Morgan fingerprint density at radius 1 is 1.45 bits per heavy atom. The highest BCUT2D eigenvalue weighted by molar-refractivity contribution is 7.80. The van der Waals surface area contributed by atoms with Gasteiger partial charge in [0.25, 0.3) is 0 Å². The second-order valence-corrected chi connectivity index (χ2v) is 3.70. The molecule has 1 aliphatic carbocycles. The molecule has 0 nitrogen and oxygen atoms in total. The van der Waals surface area contributed by atoms with E-state index in [2.05, 4.69) is 25.6 Å². The second kappa shape index (κ2) is 4.87. The Hall–Kier alpha value is 0.0900. The average molecular weight is 170 g/mol. The van der Waals surface area contributed by atoms with Crippen molar-refractivity contribution in [3.63, 3.8) is 0 Å². The molecule has 0 saturated heterocycles. The smallest absolute Gasteiger partial charge is 0.0112 e. The monoisotopic (exact) mass is 170 g/mol. The molecule has 64 valence electrons. The number of hydrogen-bond acceptors (Lipinski definition) is 1. The van der Waals surface area contributed by atoms with Gasteiger partial charge in [-0.3, -0.25) is 0 Å². The molecule has 1 fully saturated rings. The minimum Gasteiger partial charge on any atom is -0.175 e. The van der Waals surface area contributed by atoms with E-state index in [0.717, 1.165) is 11.7 Å². The molecule has 0 aromatic carbocycles. The van der Waals surface area contributed by atoms with Crippen LogP contribution in [0.15, 0.2) is 11.6 Å². The summed E-state index contributed by atoms with van der Waals surface area (Å²) in [5, 5.41) is 0. The van der Waals surface area contributed by atoms with Crippen LogP contribution in [0.3, 0.4) is 0 Å². The van der Waals surface area contributed by atoms with Crippen LogP contribution in [0.5, 0.6) is 0 Å². The molecule has 0 spiro atoms. The molecule has 0 atom stereocenters. The molecule has 11 heavy (non-hydrogen) atoms. The molecular formula is C10H18S. The van der Waals surface area contributed by atoms with E-state index in [0.29, 0.717) is 0 Å². The SMILES string of the molecule is CC/C(=C/C1CCCC1)CS. The van der Waals surface area contributed by atoms with Crippen molar-refractivity contribution in [3.05, 3.63) is 11.6 Å². The Morgan fingerprint density at radius 3 is 2.55 bits per heavy atom. The third-order valence-corrected chi connectivity index (χ3v) is 2.93. The van der Waals surface area contributed by atoms with E-state index in [1.807, 2.05) is 0 Å². The summed E-state index contributed by atoms with van der Waals surface area (Å²) >= 11 is 4.30. The Labute approximate surface area is 75.5 Å². The Morgan fingerprint density at radius 2 is 2.09 bits per heavy atom. The second-order valence-electron chi connectivity index (χ2n) is 3.38. The summed E-state index contributed by atoms with van der Waals surface area (Å²) in [5.74, 6) is 1.84. The van der Waals surface area contributed by atoms with Gasteiger partial charge in [0.15, 0.2) is 0 Å². The molecule has 0 unspecified atom stereocenters. The molecule has 1 heteroatoms. The minimum absolute atomic E-state index is 0.886. The third kappa shape index (κ3) is 2.90. The molecule has 0 N–H and O–H groups in total. The van der Waals surface area contributed by atoms with E-state index in [1.165, 1.54) is 37.7 Å². The van der Waals surface area contributed by atoms with Crippen molar-refractivity contribution in [3.8, 4) is 0 Å². The lowest BCUT2D eigenvalue weighted by molar-refractivity contribution is 0.678. The van der Waals surface area contributed by atoms with Crippen LogP contribution in [0.4, 0.5) is 0 Å². The van der Waals surface area contributed by atoms with Gasteiger partial charge in [-0.25, -0.2) is 0 Å². The molecule has 1 rings (SSSR count). The highest BCUT2D eigenvalue weighted by atomic mass is 32.1. The molecule has 0 aromatic rings. The van der Waals surface area contributed by atoms with Crippen molar-refractivity contribution >= 4 is 12.6 Å². The fourth-order valence-corrected chi connectivity index (χ4v) is 2.07. The van der Waals surface area contributed by atoms with Crippen LogP contribution in [-0.4, -0.2) is 5.75 Å². The normalized spacial score (nSPS) is 21.1. The van der Waals surface area contributed by atoms with Crippen LogP contribution in [0, 0.1) is 5.92 Å². The maximum atomic E-state index is 4.30. The predicted molar refractivity (Wildman–Crippen MR) is 54.2 cm³/mol. The minimum atomic E-state index is 0.886. The van der Waals surface area contributed by atoms with Gasteiger partial charge in [0.1, 0.15) is 0 Å². The zero-order chi connectivity index (χ0) is 8.10. The lowest BCUT2D eigenvalue weighted by Crippen LogP contribution is -1.91. The molecular weight excluding hydrogens is 152 g/mol. The Bertz CT molecular complexity index is 126. The summed E-state index contributed by atoms with van der Waals surface area (Å²) in [6, 6.07) is 0. The van der Waals surface area contributed by atoms with E-state index in [9.17, 15) is 0 Å². The van der Waals surface area contributed by atoms with Gasteiger partial charge >= 0.3 is 0 Å². The number of thiol groups is 1. The first-order valence-electron chi connectivity index (χ1n) is 4.67. The van der Waals surface area contributed by atoms with Crippen molar-refractivity contribution in [2.24, 2.45) is 5.92 Å². The first-order valence-corrected chi connectivity index (χ1v) is 5.30. The summed E-state index contributed by atoms with van der Waals surface area (Å²) in [4.78, 5) is 0. The van der Waals surface area contributed by atoms with Crippen molar-refractivity contribution in [2.75, 3.05) is 5.75 Å². The number of rotatable bonds is 3. The molecule has 0 bridgehead atoms. The van der Waals surface area contributed by atoms with Gasteiger partial charge in [-0.1, -0.05) is 31.4 Å². The van der Waals surface area contributed by atoms with Crippen molar-refractivity contribution in [1.29, 1.82) is 0 Å². The summed E-state index contributed by atoms with van der Waals surface area (Å²) in [5.41, 5.74) is 1.53. The van der Waals surface area contributed by atoms with Crippen molar-refractivity contribution in [1.82, 2.24) is 0 Å². The highest BCUT2D eigenvalue weighted by Crippen LogP contribution is 2.27. The van der Waals surface area contributed by atoms with E-state index < -0.39 is 0 Å². The van der Waals surface area contributed by atoms with Crippen molar-refractivity contribution < 1.29 is 0 Å². The van der Waals surface area contributed by atoms with Gasteiger partial charge in [0.05, 0.1) is 0 Å². The number of hydrogen-bond donors (Lipinski definition) is 1. The molecule has 0 radical (unpaired) electrons. The van der Waals surface area contributed by atoms with Gasteiger partial charge in [-0.05, 0) is 25.2 Å². The van der Waals surface area contributed by atoms with Gasteiger partial charge in [0, 0.05) is 5.75 Å². The number of allylic oxidation sites excluding steroid dienone is 1. The van der Waals surface area contributed by atoms with Crippen LogP contribution >= 0.6 is 12.6 Å². The third-order valence-electron chi connectivity index (χ3n) is 2.53. The molecule has 0 aliphatic heterocycles. The first-order chi connectivity index (χ1) is 5.36. The maximum absolute atomic E-state index is 4.30. The summed E-state index contributed by atoms with van der Waals surface area (Å²) in [6.07, 6.45) is 9.34. The predicted octanol–water partition coefficient (Wildman–Crippen LogP) is 3.44. The molecule has 0 aromatic heterocycles. The lowest BCUT2D eigenvalue weighted by Gasteiger charge is -2.05. The van der Waals surface area contributed by atoms with E-state index in [1.54, 1.807) is 0 Å². The Kier molecular flexibility index (Phi) is 4.06. The molecule has 0 amide bonds. The summed E-state index contributed by atoms with van der Waals surface area (Å²) in [6.45, 7) is 2.22. The molecule has 1 saturated carbocycles. The van der Waals surface area contributed by atoms with Gasteiger partial charge < -0.3 is 0 Å². The van der Waals surface area contributed by atoms with E-state index in [4.69, 9.17) is 0 Å². The van der Waals surface area contributed by atoms with Gasteiger partial charge in [-0.2, -0.15) is 12.6 Å². The average Bonchev–Trinajstić information content (AvgIpc) is 2.52. The fraction of sp³-hybridized carbons (Fsp3) is 0.800. The van der Waals surface area contributed by atoms with Crippen molar-refractivity contribution in [2.45, 2.75) is 39.0 Å². The topological polar surface area (TPSA) is 0 Å². The Balaban J connectivity index is 2.40. The van der Waals surface area contributed by atoms with Gasteiger partial charge in [0.2, 0.25) is 0 Å². The highest BCUT2D eigenvalue weighted by Gasteiger charge is 2.12. The zero-order valence-electron chi connectivity index (χ0n) is 7.34. The van der Waals surface area contributed by atoms with Crippen LogP contribution in [-0.2, 0) is 0 Å². The summed E-state index contributed by atoms with van der Waals surface area (Å²) in [7, 11) is 0. The van der Waals surface area contributed by atoms with Gasteiger partial charge in [-0.15, -0.1) is 0 Å². The molecule has 1 aliphatic rings. The molecule has 0 heterocycles.